The van der Waals surface area contributed by atoms with Crippen molar-refractivity contribution in [2.24, 2.45) is 29.6 Å². The Labute approximate surface area is 411 Å². The van der Waals surface area contributed by atoms with Gasteiger partial charge in [-0.05, 0) is 87.0 Å². The molecule has 18 heteroatoms. The number of hydrogen-bond acceptors (Lipinski definition) is 17. The van der Waals surface area contributed by atoms with Crippen LogP contribution in [0.15, 0.2) is 36.5 Å². The van der Waals surface area contributed by atoms with Gasteiger partial charge in [-0.15, -0.1) is 11.8 Å². The summed E-state index contributed by atoms with van der Waals surface area (Å²) in [5.74, 6) is -6.24. The first-order chi connectivity index (χ1) is 32.4. The zero-order valence-electron chi connectivity index (χ0n) is 42.8. The molecule has 3 N–H and O–H groups in total. The van der Waals surface area contributed by atoms with Gasteiger partial charge in [-0.2, -0.15) is 0 Å². The maximum Gasteiger partial charge on any atom is 0.320 e. The fourth-order valence-electron chi connectivity index (χ4n) is 11.5. The molecule has 0 spiro atoms. The van der Waals surface area contributed by atoms with Gasteiger partial charge in [-0.3, -0.25) is 24.2 Å². The number of carbonyl (C=O) groups is 4. The van der Waals surface area contributed by atoms with E-state index in [9.17, 15) is 24.6 Å². The van der Waals surface area contributed by atoms with Gasteiger partial charge in [-0.25, -0.2) is 0 Å². The third kappa shape index (κ3) is 11.3. The van der Waals surface area contributed by atoms with Crippen molar-refractivity contribution in [1.82, 2.24) is 9.88 Å². The van der Waals surface area contributed by atoms with Crippen LogP contribution < -0.4 is 5.32 Å². The average molecular weight is 988 g/mol. The largest absolute Gasteiger partial charge is 0.458 e. The first-order valence-electron chi connectivity index (χ1n) is 24.4. The third-order valence-electron chi connectivity index (χ3n) is 15.6. The molecule has 1 aromatic carbocycles. The van der Waals surface area contributed by atoms with Crippen molar-refractivity contribution in [3.63, 3.8) is 0 Å². The Morgan fingerprint density at radius 3 is 2.25 bits per heavy atom. The standard InChI is InChI=1S/C51H77N3O14S/c1-15-35-51(10)38(43(47(60)68-51)69-25-36(55)53-33-20-16-18-32-19-17-21-52-39(32)33)28(4)40(56)26(2)23-50(9,62-14)45(67-48-41(57)34(54(11)12)22-27(3)63-48)29(5)42(30(6)46(59)65-35)66-37-24-49(8,61-13)44(58)31(7)64-37/h16-21,26-31,34-35,37-38,41-45,48,57-58H,15,22-25H2,1-14H3,(H,53,55)/t26-,27-,28?,29+,30-,31-,34+,35-,37+,38?,41-,42+,43?,44+,45-,48+,49-,50-,51-/m1/s1. The summed E-state index contributed by atoms with van der Waals surface area (Å²) < 4.78 is 51.5. The first-order valence-corrected chi connectivity index (χ1v) is 25.4. The second kappa shape index (κ2) is 22.2. The van der Waals surface area contributed by atoms with Gasteiger partial charge in [0.05, 0.1) is 58.5 Å². The Morgan fingerprint density at radius 1 is 0.913 bits per heavy atom. The molecule has 0 saturated carbocycles. The molecule has 4 aliphatic heterocycles. The summed E-state index contributed by atoms with van der Waals surface area (Å²) in [7, 11) is 6.80. The molecule has 4 saturated heterocycles. The summed E-state index contributed by atoms with van der Waals surface area (Å²) in [6.45, 7) is 17.9. The van der Waals surface area contributed by atoms with Crippen LogP contribution in [-0.4, -0.2) is 161 Å². The lowest BCUT2D eigenvalue weighted by Crippen LogP contribution is -2.61. The Kier molecular flexibility index (Phi) is 17.7. The zero-order chi connectivity index (χ0) is 50.9. The average Bonchev–Trinajstić information content (AvgIpc) is 3.58. The number of nitrogens with one attached hydrogen (secondary N) is 1. The van der Waals surface area contributed by atoms with Crippen molar-refractivity contribution in [2.45, 2.75) is 178 Å². The van der Waals surface area contributed by atoms with Crippen molar-refractivity contribution >= 4 is 52.0 Å². The Bertz CT molecular complexity index is 2130. The number of esters is 2. The molecule has 6 rings (SSSR count). The first kappa shape index (κ1) is 55.0. The number of methoxy groups -OCH3 is 2. The second-order valence-corrected chi connectivity index (χ2v) is 21.9. The number of cyclic esters (lactones) is 1. The molecule has 4 fully saturated rings. The van der Waals surface area contributed by atoms with E-state index in [0.717, 1.165) is 17.1 Å². The van der Waals surface area contributed by atoms with Gasteiger partial charge in [-0.1, -0.05) is 45.9 Å². The molecule has 3 unspecified atom stereocenters. The summed E-state index contributed by atoms with van der Waals surface area (Å²) >= 11 is 1.08. The van der Waals surface area contributed by atoms with Gasteiger partial charge < -0.3 is 58.3 Å². The zero-order valence-corrected chi connectivity index (χ0v) is 43.6. The van der Waals surface area contributed by atoms with E-state index in [4.69, 9.17) is 37.9 Å². The predicted octanol–water partition coefficient (Wildman–Crippen LogP) is 5.55. The molecular weight excluding hydrogens is 911 g/mol. The van der Waals surface area contributed by atoms with Crippen LogP contribution in [0.4, 0.5) is 5.69 Å². The lowest BCUT2D eigenvalue weighted by molar-refractivity contribution is -0.319. The van der Waals surface area contributed by atoms with Crippen molar-refractivity contribution in [1.29, 1.82) is 0 Å². The number of para-hydroxylation sites is 1. The maximum absolute atomic E-state index is 15.1. The molecule has 17 nitrogen and oxygen atoms in total. The summed E-state index contributed by atoms with van der Waals surface area (Å²) in [6.07, 6.45) is -5.69. The van der Waals surface area contributed by atoms with E-state index in [0.29, 0.717) is 17.6 Å². The number of likely N-dealkylation sites (N-methyl/N-ethyl adjacent to an activating group) is 1. The number of ether oxygens (including phenoxy) is 8. The minimum Gasteiger partial charge on any atom is -0.458 e. The number of ketones is 1. The smallest absolute Gasteiger partial charge is 0.320 e. The molecule has 4 aliphatic rings. The molecule has 69 heavy (non-hydrogen) atoms. The molecule has 0 aliphatic carbocycles. The number of nitrogens with zero attached hydrogens (tertiary/aromatic N) is 2. The number of carbonyl (C=O) groups excluding carboxylic acids is 4. The van der Waals surface area contributed by atoms with E-state index in [1.54, 1.807) is 46.9 Å². The van der Waals surface area contributed by atoms with Crippen LogP contribution in [0.2, 0.25) is 0 Å². The van der Waals surface area contributed by atoms with E-state index in [1.807, 2.05) is 77.9 Å². The van der Waals surface area contributed by atoms with E-state index in [2.05, 4.69) is 10.3 Å². The highest BCUT2D eigenvalue weighted by molar-refractivity contribution is 8.01. The van der Waals surface area contributed by atoms with Crippen molar-refractivity contribution in [3.05, 3.63) is 36.5 Å². The third-order valence-corrected chi connectivity index (χ3v) is 16.8. The number of amides is 1. The van der Waals surface area contributed by atoms with Crippen LogP contribution in [0.1, 0.15) is 94.9 Å². The number of benzene rings is 1. The number of aromatic nitrogens is 1. The summed E-state index contributed by atoms with van der Waals surface area (Å²) in [4.78, 5) is 64.3. The summed E-state index contributed by atoms with van der Waals surface area (Å²) in [5.41, 5.74) is -2.74. The number of hydrogen-bond donors (Lipinski definition) is 3. The van der Waals surface area contributed by atoms with Crippen LogP contribution in [0.3, 0.4) is 0 Å². The summed E-state index contributed by atoms with van der Waals surface area (Å²) in [6, 6.07) is 8.87. The number of thioether (sulfide) groups is 1. The maximum atomic E-state index is 15.1. The molecule has 5 heterocycles. The van der Waals surface area contributed by atoms with Gasteiger partial charge in [0.25, 0.3) is 0 Å². The molecule has 0 radical (unpaired) electrons. The topological polar surface area (TPSA) is 211 Å². The van der Waals surface area contributed by atoms with Crippen LogP contribution in [0, 0.1) is 29.6 Å². The van der Waals surface area contributed by atoms with E-state index < -0.39 is 113 Å². The molecule has 1 amide bonds. The number of aliphatic hydroxyl groups is 2. The molecule has 19 atom stereocenters. The highest BCUT2D eigenvalue weighted by atomic mass is 32.2. The molecule has 386 valence electrons. The van der Waals surface area contributed by atoms with Crippen LogP contribution >= 0.6 is 11.8 Å². The van der Waals surface area contributed by atoms with E-state index in [1.165, 1.54) is 14.2 Å². The van der Waals surface area contributed by atoms with Crippen LogP contribution in [0.25, 0.3) is 10.9 Å². The lowest BCUT2D eigenvalue weighted by Gasteiger charge is -2.50. The number of anilines is 1. The van der Waals surface area contributed by atoms with Crippen molar-refractivity contribution in [2.75, 3.05) is 39.4 Å². The second-order valence-electron chi connectivity index (χ2n) is 20.8. The summed E-state index contributed by atoms with van der Waals surface area (Å²) in [5, 5.41) is 25.7. The van der Waals surface area contributed by atoms with Gasteiger partial charge in [0.2, 0.25) is 5.91 Å². The minimum absolute atomic E-state index is 0.0995. The Hall–Kier alpha value is -3.30. The normalized spacial score (nSPS) is 41.6. The SMILES string of the molecule is CC[C@H]1OC(=O)[C@H](C)[C@@H](O[C@H]2C[C@@](C)(OC)[C@@H](O)[C@@H](C)O2)[C@H](C)[C@@H](O[C@@H]2O[C@H](C)C[C@H](N(C)C)[C@H]2O)[C@](C)(OC)C[C@@H](C)C(=O)C(C)C2C(SCC(=O)Nc3cccc4cccnc34)C(=O)O[C@@]21C. The van der Waals surface area contributed by atoms with Gasteiger partial charge in [0.15, 0.2) is 18.2 Å². The number of pyridine rings is 1. The predicted molar refractivity (Wildman–Crippen MR) is 259 cm³/mol. The van der Waals surface area contributed by atoms with Crippen molar-refractivity contribution < 1.29 is 67.3 Å². The van der Waals surface area contributed by atoms with Crippen molar-refractivity contribution in [3.8, 4) is 0 Å². The highest BCUT2D eigenvalue weighted by Gasteiger charge is 2.62. The Morgan fingerprint density at radius 2 is 1.59 bits per heavy atom. The Balaban J connectivity index is 1.40. The molecule has 2 aromatic rings. The van der Waals surface area contributed by atoms with Gasteiger partial charge >= 0.3 is 11.9 Å². The number of Topliss-reactive ketones (excluding diaryl/α,β-unsaturated/α-hetero) is 1. The minimum atomic E-state index is -1.50. The fraction of sp³-hybridized carbons (Fsp3) is 0.745. The van der Waals surface area contributed by atoms with E-state index in [-0.39, 0.29) is 48.9 Å². The fourth-order valence-corrected chi connectivity index (χ4v) is 12.8. The van der Waals surface area contributed by atoms with E-state index >= 15 is 4.79 Å². The quantitative estimate of drug-likeness (QED) is 0.223. The van der Waals surface area contributed by atoms with Gasteiger partial charge in [0, 0.05) is 61.9 Å². The van der Waals surface area contributed by atoms with Gasteiger partial charge in [0.1, 0.15) is 29.3 Å². The number of aliphatic hydroxyl groups excluding tert-OH is 2. The molecule has 1 aromatic heterocycles. The molecular formula is C51H77N3O14S. The van der Waals surface area contributed by atoms with Crippen LogP contribution in [-0.2, 0) is 57.1 Å². The number of fused-ring (bicyclic) bond motifs is 2. The lowest BCUT2D eigenvalue weighted by atomic mass is 9.70. The number of rotatable bonds is 12. The van der Waals surface area contributed by atoms with Crippen LogP contribution in [0.5, 0.6) is 0 Å². The highest BCUT2D eigenvalue weighted by Crippen LogP contribution is 2.49. The molecule has 0 bridgehead atoms. The monoisotopic (exact) mass is 988 g/mol.